The molecule has 1 amide bonds. The Kier molecular flexibility index (Phi) is 3.19. The van der Waals surface area contributed by atoms with Gasteiger partial charge in [0, 0.05) is 25.2 Å². The van der Waals surface area contributed by atoms with Crippen molar-refractivity contribution in [2.24, 2.45) is 0 Å². The van der Waals surface area contributed by atoms with Gasteiger partial charge in [0.1, 0.15) is 5.75 Å². The number of fused-ring (bicyclic) bond motifs is 2. The van der Waals surface area contributed by atoms with Gasteiger partial charge in [-0.25, -0.2) is 0 Å². The quantitative estimate of drug-likeness (QED) is 0.807. The van der Waals surface area contributed by atoms with Crippen LogP contribution in [0.15, 0.2) is 18.2 Å². The Hall–Kier alpha value is -1.55. The van der Waals surface area contributed by atoms with Crippen LogP contribution in [0.5, 0.6) is 5.75 Å². The standard InChI is InChI=1S/C15H20N2O2/c1-10-2-5-14(18)13(8-10)15(19)17-7-6-11-3-4-12(9-17)16-11/h2,5,8,11-12,16,18H,3-4,6-7,9H2,1H3. The van der Waals surface area contributed by atoms with E-state index in [9.17, 15) is 9.90 Å². The van der Waals surface area contributed by atoms with Gasteiger partial charge in [0.2, 0.25) is 0 Å². The Bertz CT molecular complexity index is 501. The lowest BCUT2D eigenvalue weighted by Gasteiger charge is -2.24. The number of hydrogen-bond donors (Lipinski definition) is 2. The van der Waals surface area contributed by atoms with Crippen molar-refractivity contribution >= 4 is 5.91 Å². The highest BCUT2D eigenvalue weighted by Crippen LogP contribution is 2.24. The van der Waals surface area contributed by atoms with Crippen LogP contribution in [-0.2, 0) is 0 Å². The Labute approximate surface area is 113 Å². The van der Waals surface area contributed by atoms with Gasteiger partial charge in [0.25, 0.3) is 5.91 Å². The molecule has 19 heavy (non-hydrogen) atoms. The number of phenolic OH excluding ortho intramolecular Hbond substituents is 1. The first-order valence-corrected chi connectivity index (χ1v) is 6.98. The molecule has 2 unspecified atom stereocenters. The maximum absolute atomic E-state index is 12.5. The molecule has 2 saturated heterocycles. The molecule has 2 bridgehead atoms. The van der Waals surface area contributed by atoms with Gasteiger partial charge >= 0.3 is 0 Å². The summed E-state index contributed by atoms with van der Waals surface area (Å²) in [6, 6.07) is 6.18. The lowest BCUT2D eigenvalue weighted by atomic mass is 10.1. The number of amides is 1. The van der Waals surface area contributed by atoms with Crippen LogP contribution in [0.1, 0.15) is 35.2 Å². The fourth-order valence-corrected chi connectivity index (χ4v) is 3.12. The molecule has 102 valence electrons. The summed E-state index contributed by atoms with van der Waals surface area (Å²) in [4.78, 5) is 14.4. The summed E-state index contributed by atoms with van der Waals surface area (Å²) >= 11 is 0. The number of nitrogens with zero attached hydrogens (tertiary/aromatic N) is 1. The molecule has 1 aromatic rings. The van der Waals surface area contributed by atoms with Crippen LogP contribution in [0.25, 0.3) is 0 Å². The van der Waals surface area contributed by atoms with Crippen molar-refractivity contribution in [2.45, 2.75) is 38.3 Å². The molecule has 1 aromatic carbocycles. The van der Waals surface area contributed by atoms with Crippen molar-refractivity contribution in [2.75, 3.05) is 13.1 Å². The number of benzene rings is 1. The second kappa shape index (κ2) is 4.85. The highest BCUT2D eigenvalue weighted by atomic mass is 16.3. The van der Waals surface area contributed by atoms with E-state index in [4.69, 9.17) is 0 Å². The van der Waals surface area contributed by atoms with Crippen molar-refractivity contribution in [1.82, 2.24) is 10.2 Å². The van der Waals surface area contributed by atoms with Gasteiger partial charge in [-0.15, -0.1) is 0 Å². The maximum atomic E-state index is 12.5. The molecule has 4 nitrogen and oxygen atoms in total. The minimum absolute atomic E-state index is 0.0458. The summed E-state index contributed by atoms with van der Waals surface area (Å²) in [5, 5.41) is 13.4. The highest BCUT2D eigenvalue weighted by molar-refractivity contribution is 5.97. The van der Waals surface area contributed by atoms with Crippen LogP contribution in [0.3, 0.4) is 0 Å². The third kappa shape index (κ3) is 2.45. The van der Waals surface area contributed by atoms with E-state index in [2.05, 4.69) is 5.32 Å². The molecule has 0 saturated carbocycles. The van der Waals surface area contributed by atoms with E-state index in [1.807, 2.05) is 17.9 Å². The number of carbonyl (C=O) groups excluding carboxylic acids is 1. The molecule has 2 fully saturated rings. The molecule has 0 aliphatic carbocycles. The summed E-state index contributed by atoms with van der Waals surface area (Å²) in [7, 11) is 0. The van der Waals surface area contributed by atoms with Crippen molar-refractivity contribution in [3.8, 4) is 5.75 Å². The molecule has 2 aliphatic rings. The number of aryl methyl sites for hydroxylation is 1. The lowest BCUT2D eigenvalue weighted by Crippen LogP contribution is -2.39. The van der Waals surface area contributed by atoms with Gasteiger partial charge in [-0.3, -0.25) is 4.79 Å². The van der Waals surface area contributed by atoms with E-state index < -0.39 is 0 Å². The SMILES string of the molecule is Cc1ccc(O)c(C(=O)N2CCC3CCC(C2)N3)c1. The second-order valence-corrected chi connectivity index (χ2v) is 5.70. The monoisotopic (exact) mass is 260 g/mol. The highest BCUT2D eigenvalue weighted by Gasteiger charge is 2.32. The number of carbonyl (C=O) groups is 1. The molecule has 3 rings (SSSR count). The van der Waals surface area contributed by atoms with Gasteiger partial charge in [-0.2, -0.15) is 0 Å². The van der Waals surface area contributed by atoms with Crippen molar-refractivity contribution in [3.05, 3.63) is 29.3 Å². The van der Waals surface area contributed by atoms with E-state index in [1.165, 1.54) is 6.42 Å². The third-order valence-corrected chi connectivity index (χ3v) is 4.19. The fraction of sp³-hybridized carbons (Fsp3) is 0.533. The van der Waals surface area contributed by atoms with Crippen molar-refractivity contribution in [3.63, 3.8) is 0 Å². The van der Waals surface area contributed by atoms with Gasteiger partial charge in [-0.05, 0) is 38.3 Å². The summed E-state index contributed by atoms with van der Waals surface area (Å²) in [6.07, 6.45) is 3.38. The predicted molar refractivity (Wildman–Crippen MR) is 73.3 cm³/mol. The van der Waals surface area contributed by atoms with E-state index in [-0.39, 0.29) is 11.7 Å². The number of rotatable bonds is 1. The summed E-state index contributed by atoms with van der Waals surface area (Å²) in [5.74, 6) is 0.0357. The number of nitrogens with one attached hydrogen (secondary N) is 1. The Balaban J connectivity index is 1.81. The molecule has 4 heteroatoms. The number of phenols is 1. The van der Waals surface area contributed by atoms with Crippen LogP contribution in [0.2, 0.25) is 0 Å². The van der Waals surface area contributed by atoms with E-state index in [0.29, 0.717) is 17.6 Å². The van der Waals surface area contributed by atoms with Crippen molar-refractivity contribution < 1.29 is 9.90 Å². The molecule has 2 heterocycles. The minimum Gasteiger partial charge on any atom is -0.507 e. The Morgan fingerprint density at radius 3 is 2.95 bits per heavy atom. The molecular weight excluding hydrogens is 240 g/mol. The van der Waals surface area contributed by atoms with E-state index in [0.717, 1.165) is 31.5 Å². The second-order valence-electron chi connectivity index (χ2n) is 5.70. The molecular formula is C15H20N2O2. The predicted octanol–water partition coefficient (Wildman–Crippen LogP) is 1.67. The average Bonchev–Trinajstić information content (AvgIpc) is 2.71. The normalized spacial score (nSPS) is 26.3. The molecule has 0 radical (unpaired) electrons. The largest absolute Gasteiger partial charge is 0.507 e. The summed E-state index contributed by atoms with van der Waals surface area (Å²) in [5.41, 5.74) is 1.42. The zero-order chi connectivity index (χ0) is 13.4. The molecule has 2 N–H and O–H groups in total. The van der Waals surface area contributed by atoms with Crippen molar-refractivity contribution in [1.29, 1.82) is 0 Å². The topological polar surface area (TPSA) is 52.6 Å². The van der Waals surface area contributed by atoms with Crippen LogP contribution in [0, 0.1) is 6.92 Å². The van der Waals surface area contributed by atoms with E-state index >= 15 is 0 Å². The average molecular weight is 260 g/mol. The molecule has 2 aliphatic heterocycles. The molecule has 0 spiro atoms. The zero-order valence-electron chi connectivity index (χ0n) is 11.2. The number of aromatic hydroxyl groups is 1. The number of likely N-dealkylation sites (tertiary alicyclic amines) is 1. The summed E-state index contributed by atoms with van der Waals surface area (Å²) < 4.78 is 0. The number of hydrogen-bond acceptors (Lipinski definition) is 3. The third-order valence-electron chi connectivity index (χ3n) is 4.19. The van der Waals surface area contributed by atoms with Crippen LogP contribution in [-0.4, -0.2) is 41.1 Å². The van der Waals surface area contributed by atoms with E-state index in [1.54, 1.807) is 12.1 Å². The first kappa shape index (κ1) is 12.5. The van der Waals surface area contributed by atoms with Crippen LogP contribution in [0.4, 0.5) is 0 Å². The fourth-order valence-electron chi connectivity index (χ4n) is 3.12. The Morgan fingerprint density at radius 1 is 1.32 bits per heavy atom. The smallest absolute Gasteiger partial charge is 0.257 e. The molecule has 2 atom stereocenters. The van der Waals surface area contributed by atoms with Gasteiger partial charge in [0.05, 0.1) is 5.56 Å². The first-order valence-electron chi connectivity index (χ1n) is 6.98. The summed E-state index contributed by atoms with van der Waals surface area (Å²) in [6.45, 7) is 3.46. The van der Waals surface area contributed by atoms with Gasteiger partial charge in [0.15, 0.2) is 0 Å². The lowest BCUT2D eigenvalue weighted by molar-refractivity contribution is 0.0745. The molecule has 0 aromatic heterocycles. The van der Waals surface area contributed by atoms with Gasteiger partial charge < -0.3 is 15.3 Å². The Morgan fingerprint density at radius 2 is 2.11 bits per heavy atom. The van der Waals surface area contributed by atoms with Gasteiger partial charge in [-0.1, -0.05) is 11.6 Å². The van der Waals surface area contributed by atoms with Crippen LogP contribution < -0.4 is 5.32 Å². The minimum atomic E-state index is -0.0458. The zero-order valence-corrected chi connectivity index (χ0v) is 11.2. The maximum Gasteiger partial charge on any atom is 0.257 e. The first-order chi connectivity index (χ1) is 9.13. The van der Waals surface area contributed by atoms with Crippen LogP contribution >= 0.6 is 0 Å².